The summed E-state index contributed by atoms with van der Waals surface area (Å²) in [5.74, 6) is 0.707. The quantitative estimate of drug-likeness (QED) is 0.797. The van der Waals surface area contributed by atoms with Crippen LogP contribution in [0.4, 0.5) is 5.69 Å². The molecule has 1 aliphatic heterocycles. The second-order valence-corrected chi connectivity index (χ2v) is 4.71. The molecule has 0 aromatic heterocycles. The van der Waals surface area contributed by atoms with Gasteiger partial charge in [-0.2, -0.15) is 0 Å². The normalized spacial score (nSPS) is 18.9. The molecule has 0 saturated carbocycles. The first-order valence-electron chi connectivity index (χ1n) is 4.78. The van der Waals surface area contributed by atoms with Crippen molar-refractivity contribution in [1.82, 2.24) is 0 Å². The molecule has 82 valence electrons. The SMILES string of the molecule is CC1=C(Nc2ccccc2)S(=C=O)C=CO1. The van der Waals surface area contributed by atoms with E-state index in [1.165, 1.54) is 6.26 Å². The number of nitrogens with one attached hydrogen (secondary N) is 1. The number of rotatable bonds is 2. The topological polar surface area (TPSA) is 38.3 Å². The van der Waals surface area contributed by atoms with Crippen LogP contribution in [0.2, 0.25) is 0 Å². The zero-order chi connectivity index (χ0) is 11.4. The van der Waals surface area contributed by atoms with E-state index in [9.17, 15) is 4.79 Å². The number of allylic oxidation sites excluding steroid dienone is 1. The molecule has 1 N–H and O–H groups in total. The van der Waals surface area contributed by atoms with Crippen LogP contribution in [0.15, 0.2) is 52.8 Å². The average molecular weight is 233 g/mol. The van der Waals surface area contributed by atoms with Crippen molar-refractivity contribution in [3.63, 3.8) is 0 Å². The van der Waals surface area contributed by atoms with Crippen LogP contribution in [-0.2, 0) is 9.53 Å². The van der Waals surface area contributed by atoms with Crippen molar-refractivity contribution in [2.24, 2.45) is 0 Å². The fourth-order valence-corrected chi connectivity index (χ4v) is 2.35. The summed E-state index contributed by atoms with van der Waals surface area (Å²) in [5, 5.41) is 7.65. The Morgan fingerprint density at radius 2 is 2.06 bits per heavy atom. The summed E-state index contributed by atoms with van der Waals surface area (Å²) in [7, 11) is -0.663. The zero-order valence-electron chi connectivity index (χ0n) is 8.77. The summed E-state index contributed by atoms with van der Waals surface area (Å²) >= 11 is 0. The molecule has 0 spiro atoms. The highest BCUT2D eigenvalue weighted by molar-refractivity contribution is 8.20. The number of ether oxygens (including phenoxy) is 1. The largest absolute Gasteiger partial charge is 0.466 e. The molecule has 16 heavy (non-hydrogen) atoms. The highest BCUT2D eigenvalue weighted by Crippen LogP contribution is 2.32. The van der Waals surface area contributed by atoms with Gasteiger partial charge in [-0.3, -0.25) is 0 Å². The molecule has 4 heteroatoms. The molecule has 1 aromatic rings. The molecule has 0 bridgehead atoms. The van der Waals surface area contributed by atoms with E-state index in [-0.39, 0.29) is 0 Å². The maximum absolute atomic E-state index is 10.8. The predicted molar refractivity (Wildman–Crippen MR) is 66.3 cm³/mol. The lowest BCUT2D eigenvalue weighted by atomic mass is 10.3. The molecule has 1 heterocycles. The van der Waals surface area contributed by atoms with Crippen molar-refractivity contribution >= 4 is 21.4 Å². The van der Waals surface area contributed by atoms with Crippen LogP contribution in [0, 0.1) is 0 Å². The molecular weight excluding hydrogens is 222 g/mol. The zero-order valence-corrected chi connectivity index (χ0v) is 9.58. The van der Waals surface area contributed by atoms with Gasteiger partial charge in [0.2, 0.25) is 0 Å². The van der Waals surface area contributed by atoms with Crippen molar-refractivity contribution in [3.8, 4) is 0 Å². The molecule has 1 aromatic carbocycles. The molecule has 3 nitrogen and oxygen atoms in total. The molecule has 1 atom stereocenters. The number of hydrogen-bond donors (Lipinski definition) is 1. The Hall–Kier alpha value is -1.77. The van der Waals surface area contributed by atoms with Gasteiger partial charge in [-0.15, -0.1) is 0 Å². The maximum atomic E-state index is 10.8. The van der Waals surface area contributed by atoms with Gasteiger partial charge in [-0.05, 0) is 29.5 Å². The second-order valence-electron chi connectivity index (χ2n) is 3.19. The first-order chi connectivity index (χ1) is 7.81. The fourth-order valence-electron chi connectivity index (χ4n) is 1.33. The van der Waals surface area contributed by atoms with Gasteiger partial charge in [0.15, 0.2) is 5.23 Å². The van der Waals surface area contributed by atoms with Crippen LogP contribution in [0.1, 0.15) is 6.92 Å². The number of carbonyl (C=O) groups excluding carboxylic acids is 1. The van der Waals surface area contributed by atoms with Crippen LogP contribution in [0.5, 0.6) is 0 Å². The van der Waals surface area contributed by atoms with Crippen molar-refractivity contribution < 1.29 is 9.53 Å². The summed E-state index contributed by atoms with van der Waals surface area (Å²) in [4.78, 5) is 10.8. The average Bonchev–Trinajstić information content (AvgIpc) is 2.33. The minimum Gasteiger partial charge on any atom is -0.466 e. The van der Waals surface area contributed by atoms with Crippen LogP contribution in [0.3, 0.4) is 0 Å². The van der Waals surface area contributed by atoms with Crippen molar-refractivity contribution in [1.29, 1.82) is 0 Å². The van der Waals surface area contributed by atoms with E-state index in [1.54, 1.807) is 5.41 Å². The minimum absolute atomic E-state index is 0.663. The standard InChI is InChI=1S/C12H11NO2S/c1-10-12(16(9-14)8-7-15-10)13-11-5-3-2-4-6-11/h2-8,13H,1H3. The van der Waals surface area contributed by atoms with E-state index < -0.39 is 10.5 Å². The molecule has 0 radical (unpaired) electrons. The number of benzene rings is 1. The number of anilines is 1. The van der Waals surface area contributed by atoms with E-state index in [1.807, 2.05) is 42.5 Å². The van der Waals surface area contributed by atoms with Crippen LogP contribution < -0.4 is 5.32 Å². The third-order valence-corrected chi connectivity index (χ3v) is 3.49. The van der Waals surface area contributed by atoms with Crippen LogP contribution in [-0.4, -0.2) is 5.23 Å². The Labute approximate surface area is 96.4 Å². The van der Waals surface area contributed by atoms with Crippen molar-refractivity contribution in [3.05, 3.63) is 52.8 Å². The number of hydrogen-bond acceptors (Lipinski definition) is 3. The van der Waals surface area contributed by atoms with Crippen LogP contribution >= 0.6 is 10.5 Å². The lowest BCUT2D eigenvalue weighted by Gasteiger charge is -2.16. The smallest absolute Gasteiger partial charge is 0.166 e. The Bertz CT molecular complexity index is 499. The lowest BCUT2D eigenvalue weighted by Crippen LogP contribution is -2.03. The van der Waals surface area contributed by atoms with Gasteiger partial charge in [0, 0.05) is 11.1 Å². The minimum atomic E-state index is -0.663. The van der Waals surface area contributed by atoms with E-state index in [0.717, 1.165) is 10.7 Å². The van der Waals surface area contributed by atoms with Gasteiger partial charge in [0.25, 0.3) is 0 Å². The van der Waals surface area contributed by atoms with E-state index in [0.29, 0.717) is 5.76 Å². The fraction of sp³-hybridized carbons (Fsp3) is 0.0833. The highest BCUT2D eigenvalue weighted by atomic mass is 32.2. The Balaban J connectivity index is 2.30. The van der Waals surface area contributed by atoms with Gasteiger partial charge in [-0.25, -0.2) is 4.79 Å². The molecule has 0 aliphatic carbocycles. The van der Waals surface area contributed by atoms with E-state index in [2.05, 4.69) is 5.32 Å². The van der Waals surface area contributed by atoms with Gasteiger partial charge in [-0.1, -0.05) is 18.2 Å². The third kappa shape index (κ3) is 2.24. The second kappa shape index (κ2) is 4.84. The first-order valence-corrected chi connectivity index (χ1v) is 6.07. The van der Waals surface area contributed by atoms with Gasteiger partial charge < -0.3 is 10.1 Å². The van der Waals surface area contributed by atoms with Crippen LogP contribution in [0.25, 0.3) is 0 Å². The predicted octanol–water partition coefficient (Wildman–Crippen LogP) is 3.13. The summed E-state index contributed by atoms with van der Waals surface area (Å²) in [6.45, 7) is 1.83. The summed E-state index contributed by atoms with van der Waals surface area (Å²) < 4.78 is 5.26. The Kier molecular flexibility index (Phi) is 3.25. The monoisotopic (exact) mass is 233 g/mol. The van der Waals surface area contributed by atoms with Gasteiger partial charge >= 0.3 is 0 Å². The molecule has 0 saturated heterocycles. The van der Waals surface area contributed by atoms with Gasteiger partial charge in [0.05, 0.1) is 6.26 Å². The van der Waals surface area contributed by atoms with Crippen molar-refractivity contribution in [2.75, 3.05) is 5.32 Å². The summed E-state index contributed by atoms with van der Waals surface area (Å²) in [6, 6.07) is 9.67. The molecule has 0 amide bonds. The summed E-state index contributed by atoms with van der Waals surface area (Å²) in [6.07, 6.45) is 1.53. The molecule has 2 rings (SSSR count). The summed E-state index contributed by atoms with van der Waals surface area (Å²) in [5.41, 5.74) is 0.934. The third-order valence-electron chi connectivity index (χ3n) is 2.10. The maximum Gasteiger partial charge on any atom is 0.166 e. The molecule has 0 fully saturated rings. The van der Waals surface area contributed by atoms with Crippen molar-refractivity contribution in [2.45, 2.75) is 6.92 Å². The Morgan fingerprint density at radius 3 is 2.75 bits per heavy atom. The lowest BCUT2D eigenvalue weighted by molar-refractivity contribution is 0.350. The Morgan fingerprint density at radius 1 is 1.31 bits per heavy atom. The highest BCUT2D eigenvalue weighted by Gasteiger charge is 2.12. The first kappa shape index (κ1) is 10.7. The van der Waals surface area contributed by atoms with E-state index >= 15 is 0 Å². The van der Waals surface area contributed by atoms with E-state index in [4.69, 9.17) is 4.74 Å². The number of para-hydroxylation sites is 1. The molecule has 1 unspecified atom stereocenters. The van der Waals surface area contributed by atoms with Gasteiger partial charge in [0.1, 0.15) is 10.8 Å². The molecule has 1 aliphatic rings. The molecular formula is C12H11NO2S.